The van der Waals surface area contributed by atoms with Gasteiger partial charge in [-0.05, 0) is 135 Å². The molecule has 2 aromatic rings. The van der Waals surface area contributed by atoms with E-state index < -0.39 is 0 Å². The number of pyridine rings is 1. The van der Waals surface area contributed by atoms with Crippen molar-refractivity contribution in [2.75, 3.05) is 13.1 Å². The summed E-state index contributed by atoms with van der Waals surface area (Å²) < 4.78 is 0. The fourth-order valence-corrected chi connectivity index (χ4v) is 8.96. The molecule has 6 atom stereocenters. The second kappa shape index (κ2) is 15.0. The molecule has 1 aromatic carbocycles. The molecule has 3 aliphatic carbocycles. The first-order valence-corrected chi connectivity index (χ1v) is 17.2. The average molecular weight is 561 g/mol. The minimum Gasteiger partial charge on any atom is -0.508 e. The summed E-state index contributed by atoms with van der Waals surface area (Å²) in [4.78, 5) is 4.39. The lowest BCUT2D eigenvalue weighted by Gasteiger charge is -2.50. The van der Waals surface area contributed by atoms with Gasteiger partial charge in [-0.25, -0.2) is 0 Å². The van der Waals surface area contributed by atoms with Crippen molar-refractivity contribution >= 4 is 0 Å². The van der Waals surface area contributed by atoms with Crippen LogP contribution in [0.4, 0.5) is 0 Å². The topological polar surface area (TPSA) is 65.4 Å². The van der Waals surface area contributed by atoms with Crippen molar-refractivity contribution in [2.45, 2.75) is 128 Å². The van der Waals surface area contributed by atoms with Gasteiger partial charge in [-0.1, -0.05) is 70.4 Å². The molecule has 0 aliphatic heterocycles. The van der Waals surface area contributed by atoms with Crippen molar-refractivity contribution in [1.82, 2.24) is 10.3 Å². The zero-order chi connectivity index (χ0) is 28.5. The first-order valence-electron chi connectivity index (χ1n) is 17.2. The molecular formula is C37H56N2O2. The normalized spacial score (nSPS) is 28.7. The summed E-state index contributed by atoms with van der Waals surface area (Å²) in [6.45, 7) is 4.65. The number of aliphatic hydroxyl groups excluding tert-OH is 1. The van der Waals surface area contributed by atoms with Crippen LogP contribution in [-0.4, -0.2) is 34.4 Å². The standard InChI is InChI=1S/C37H56N2O2/c1-37-22-21-33-32-20-18-31(40)26-28(32)17-19-34(33)35(37)27-29(36(37)41)14-9-7-5-3-2-4-6-8-11-23-38-24-13-16-30-15-10-12-25-39-30/h10,12,15,18,20,25-26,29,33-36,38,40-41H,2-9,11,13-14,16-17,19,21-24,27H2,1H3/t29?,33?,34?,35?,36-,37-/m0/s1. The predicted octanol–water partition coefficient (Wildman–Crippen LogP) is 8.35. The SMILES string of the molecule is C[C@]12CCC3c4ccc(O)cc4CCC3C1CC(CCCCCCCCCCCNCCCc1ccccn1)[C@@H]2O. The number of aryl methyl sites for hydroxylation is 2. The fraction of sp³-hybridized carbons (Fsp3) is 0.703. The highest BCUT2D eigenvalue weighted by Gasteiger charge is 2.57. The molecule has 226 valence electrons. The molecule has 41 heavy (non-hydrogen) atoms. The Morgan fingerprint density at radius 3 is 2.44 bits per heavy atom. The van der Waals surface area contributed by atoms with Crippen LogP contribution < -0.4 is 5.32 Å². The molecule has 2 saturated carbocycles. The molecule has 3 aliphatic rings. The highest BCUT2D eigenvalue weighted by atomic mass is 16.3. The Bertz CT molecular complexity index is 1060. The first-order chi connectivity index (χ1) is 20.1. The van der Waals surface area contributed by atoms with Gasteiger partial charge in [-0.2, -0.15) is 0 Å². The number of hydrogen-bond acceptors (Lipinski definition) is 4. The third-order valence-corrected chi connectivity index (χ3v) is 11.3. The van der Waals surface area contributed by atoms with Gasteiger partial charge in [-0.15, -0.1) is 0 Å². The molecule has 1 heterocycles. The van der Waals surface area contributed by atoms with Crippen LogP contribution in [0.1, 0.15) is 126 Å². The Balaban J connectivity index is 0.895. The number of aromatic hydroxyl groups is 1. The molecule has 0 radical (unpaired) electrons. The van der Waals surface area contributed by atoms with Crippen LogP contribution in [0.2, 0.25) is 0 Å². The van der Waals surface area contributed by atoms with Gasteiger partial charge in [-0.3, -0.25) is 4.98 Å². The van der Waals surface area contributed by atoms with Crippen LogP contribution in [0.5, 0.6) is 5.75 Å². The molecule has 1 aromatic heterocycles. The molecule has 0 spiro atoms. The highest BCUT2D eigenvalue weighted by Crippen LogP contribution is 2.62. The van der Waals surface area contributed by atoms with Crippen LogP contribution in [0, 0.1) is 23.2 Å². The zero-order valence-electron chi connectivity index (χ0n) is 25.7. The summed E-state index contributed by atoms with van der Waals surface area (Å²) in [5, 5.41) is 25.0. The first kappa shape index (κ1) is 30.5. The number of aromatic nitrogens is 1. The maximum atomic E-state index is 11.5. The molecule has 3 N–H and O–H groups in total. The van der Waals surface area contributed by atoms with E-state index in [1.165, 1.54) is 107 Å². The lowest BCUT2D eigenvalue weighted by molar-refractivity contribution is -0.0335. The summed E-state index contributed by atoms with van der Waals surface area (Å²) in [7, 11) is 0. The van der Waals surface area contributed by atoms with Gasteiger partial charge >= 0.3 is 0 Å². The smallest absolute Gasteiger partial charge is 0.115 e. The molecular weight excluding hydrogens is 504 g/mol. The largest absolute Gasteiger partial charge is 0.508 e. The van der Waals surface area contributed by atoms with E-state index in [1.807, 2.05) is 24.4 Å². The van der Waals surface area contributed by atoms with Crippen molar-refractivity contribution in [1.29, 1.82) is 0 Å². The van der Waals surface area contributed by atoms with E-state index in [4.69, 9.17) is 0 Å². The summed E-state index contributed by atoms with van der Waals surface area (Å²) in [5.41, 5.74) is 4.16. The van der Waals surface area contributed by atoms with Crippen molar-refractivity contribution < 1.29 is 10.2 Å². The van der Waals surface area contributed by atoms with E-state index >= 15 is 0 Å². The predicted molar refractivity (Wildman–Crippen MR) is 169 cm³/mol. The number of phenolic OH excluding ortho intramolecular Hbond substituents is 1. The summed E-state index contributed by atoms with van der Waals surface area (Å²) in [6, 6.07) is 12.2. The third-order valence-electron chi connectivity index (χ3n) is 11.3. The number of phenols is 1. The minimum atomic E-state index is -0.120. The van der Waals surface area contributed by atoms with Crippen LogP contribution in [0.15, 0.2) is 42.6 Å². The number of unbranched alkanes of at least 4 members (excludes halogenated alkanes) is 8. The molecule has 0 bridgehead atoms. The number of rotatable bonds is 16. The van der Waals surface area contributed by atoms with Gasteiger partial charge in [0.05, 0.1) is 6.10 Å². The Morgan fingerprint density at radius 1 is 0.902 bits per heavy atom. The van der Waals surface area contributed by atoms with Crippen LogP contribution >= 0.6 is 0 Å². The quantitative estimate of drug-likeness (QED) is 0.181. The third kappa shape index (κ3) is 7.73. The molecule has 4 heteroatoms. The molecule has 0 amide bonds. The van der Waals surface area contributed by atoms with E-state index in [1.54, 1.807) is 0 Å². The number of fused-ring (bicyclic) bond motifs is 5. The summed E-state index contributed by atoms with van der Waals surface area (Å²) in [6.07, 6.45) is 23.2. The average Bonchev–Trinajstić information content (AvgIpc) is 3.25. The Kier molecular flexibility index (Phi) is 11.2. The lowest BCUT2D eigenvalue weighted by Crippen LogP contribution is -2.44. The minimum absolute atomic E-state index is 0.107. The second-order valence-electron chi connectivity index (χ2n) is 13.9. The number of benzene rings is 1. The van der Waals surface area contributed by atoms with Gasteiger partial charge in [0.1, 0.15) is 5.75 Å². The zero-order valence-corrected chi connectivity index (χ0v) is 25.7. The number of nitrogens with zero attached hydrogens (tertiary/aromatic N) is 1. The lowest BCUT2D eigenvalue weighted by atomic mass is 9.55. The number of nitrogens with one attached hydrogen (secondary N) is 1. The van der Waals surface area contributed by atoms with Gasteiger partial charge in [0.2, 0.25) is 0 Å². The van der Waals surface area contributed by atoms with E-state index in [9.17, 15) is 10.2 Å². The molecule has 2 fully saturated rings. The maximum absolute atomic E-state index is 11.5. The maximum Gasteiger partial charge on any atom is 0.115 e. The van der Waals surface area contributed by atoms with E-state index in [2.05, 4.69) is 35.4 Å². The summed E-state index contributed by atoms with van der Waals surface area (Å²) >= 11 is 0. The van der Waals surface area contributed by atoms with E-state index in [0.717, 1.165) is 32.4 Å². The second-order valence-corrected chi connectivity index (χ2v) is 13.9. The van der Waals surface area contributed by atoms with Crippen LogP contribution in [0.25, 0.3) is 0 Å². The molecule has 4 nitrogen and oxygen atoms in total. The summed E-state index contributed by atoms with van der Waals surface area (Å²) in [5.74, 6) is 2.89. The monoisotopic (exact) mass is 560 g/mol. The van der Waals surface area contributed by atoms with Crippen molar-refractivity contribution in [2.24, 2.45) is 23.2 Å². The Labute approximate surface area is 249 Å². The van der Waals surface area contributed by atoms with Gasteiger partial charge in [0, 0.05) is 11.9 Å². The van der Waals surface area contributed by atoms with E-state index in [-0.39, 0.29) is 11.5 Å². The highest BCUT2D eigenvalue weighted by molar-refractivity contribution is 5.40. The van der Waals surface area contributed by atoms with Crippen LogP contribution in [0.3, 0.4) is 0 Å². The Hall–Kier alpha value is -1.91. The van der Waals surface area contributed by atoms with Crippen molar-refractivity contribution in [3.05, 3.63) is 59.4 Å². The van der Waals surface area contributed by atoms with Gasteiger partial charge in [0.25, 0.3) is 0 Å². The fourth-order valence-electron chi connectivity index (χ4n) is 8.96. The van der Waals surface area contributed by atoms with Crippen LogP contribution in [-0.2, 0) is 12.8 Å². The van der Waals surface area contributed by atoms with E-state index in [0.29, 0.717) is 29.4 Å². The molecule has 0 saturated heterocycles. The van der Waals surface area contributed by atoms with Crippen molar-refractivity contribution in [3.63, 3.8) is 0 Å². The number of hydrogen-bond donors (Lipinski definition) is 3. The van der Waals surface area contributed by atoms with Gasteiger partial charge in [0.15, 0.2) is 0 Å². The number of aliphatic hydroxyl groups is 1. The van der Waals surface area contributed by atoms with Crippen molar-refractivity contribution in [3.8, 4) is 5.75 Å². The molecule has 5 rings (SSSR count). The molecule has 4 unspecified atom stereocenters. The Morgan fingerprint density at radius 2 is 1.66 bits per heavy atom. The van der Waals surface area contributed by atoms with Gasteiger partial charge < -0.3 is 15.5 Å².